The third-order valence-electron chi connectivity index (χ3n) is 25.5. The van der Waals surface area contributed by atoms with Crippen LogP contribution in [0, 0.1) is 0 Å². The van der Waals surface area contributed by atoms with Gasteiger partial charge in [0.25, 0.3) is 0 Å². The van der Waals surface area contributed by atoms with Crippen LogP contribution in [-0.2, 0) is 52.1 Å². The number of carbonyl (C=O) groups excluding carboxylic acids is 10. The van der Waals surface area contributed by atoms with E-state index < -0.39 is 476 Å². The molecule has 10 aromatic rings. The zero-order chi connectivity index (χ0) is 103. The molecule has 14 atom stereocenters. The summed E-state index contributed by atoms with van der Waals surface area (Å²) >= 11 is 0. The molecule has 10 aromatic carbocycles. The van der Waals surface area contributed by atoms with Gasteiger partial charge in [0, 0.05) is 83.5 Å². The van der Waals surface area contributed by atoms with Gasteiger partial charge in [-0.25, -0.2) is 47.9 Å². The molecular weight excluding hydrogens is 1920 g/mol. The summed E-state index contributed by atoms with van der Waals surface area (Å²) in [5.41, 5.74) is -44.4. The van der Waals surface area contributed by atoms with E-state index in [1.165, 1.54) is 0 Å². The van der Waals surface area contributed by atoms with E-state index in [-0.39, 0.29) is 30.3 Å². The summed E-state index contributed by atoms with van der Waals surface area (Å²) in [6, 6.07) is 0.287. The van der Waals surface area contributed by atoms with Crippen LogP contribution in [0.15, 0.2) is 30.3 Å². The lowest BCUT2D eigenvalue weighted by molar-refractivity contribution is -0.341. The van der Waals surface area contributed by atoms with Crippen LogP contribution in [0.2, 0.25) is 0 Å². The largest absolute Gasteiger partial charge is 0.504 e. The first-order valence-corrected chi connectivity index (χ1v) is 40.1. The minimum atomic E-state index is -4.09. The lowest BCUT2D eigenvalue weighted by Crippen LogP contribution is -2.68. The number of hydrogen-bond acceptors (Lipinski definition) is 55. The van der Waals surface area contributed by atoms with Crippen molar-refractivity contribution in [2.24, 2.45) is 0 Å². The molecule has 0 aromatic heterocycles. The number of fused-ring (bicyclic) bond motifs is 14. The molecule has 1 fully saturated rings. The second-order valence-electron chi connectivity index (χ2n) is 32.9. The molecule has 12 bridgehead atoms. The Bertz CT molecular complexity index is 7630. The number of ether oxygens (including phenoxy) is 11. The SMILES string of the molecule is O=C1OC[C@H]2OC(=O)c3cc(O)c(O)c(O)c3-c3c(O)c(O)c(O)c4c3C(=O)O[C@@H](C2OC(=O)c2cc(O)c(O)c(O)c2-c2c1cc(O)c(O)c2O)[C@H]1OC(=O)c2c-4c(O)c(O)c(O)c2C1c1c(O)c(O)c(O)c2c1C(=O)OC[C@H]1OC(=O)c3cc(O)c(O)c(O)c3-c3c(O)c(O)c(O)c4c3C(=O)O[C@H]([C@H]3OC(=O)c5c-4c(O)c(O)c(O)c5[C@H]3[C@]3(O)OC[C@@H](O)[C@H](O)[C@@H]3O)[C@@H]1OC(=O)c1cc(O)c(O)c(O)c1-2. The van der Waals surface area contributed by atoms with Gasteiger partial charge in [-0.15, -0.1) is 0 Å². The number of aliphatic hydroxyl groups is 4. The minimum absolute atomic E-state index is 0.0391. The number of phenolic OH excluding ortho intramolecular Hbond substituents is 30. The van der Waals surface area contributed by atoms with E-state index in [0.717, 1.165) is 0 Å². The molecule has 34 N–H and O–H groups in total. The average Bonchev–Trinajstić information content (AvgIpc) is 0.891. The summed E-state index contributed by atoms with van der Waals surface area (Å²) in [5.74, 6) is -94.2. The van der Waals surface area contributed by atoms with E-state index >= 15 is 47.9 Å². The summed E-state index contributed by atoms with van der Waals surface area (Å²) in [5, 5.41) is 408. The van der Waals surface area contributed by atoms with Gasteiger partial charge < -0.3 is 226 Å². The molecule has 21 rings (SSSR count). The molecule has 0 amide bonds. The fourth-order valence-corrected chi connectivity index (χ4v) is 19.1. The van der Waals surface area contributed by atoms with Crippen LogP contribution in [0.25, 0.3) is 66.8 Å². The van der Waals surface area contributed by atoms with Crippen LogP contribution in [0.5, 0.6) is 172 Å². The summed E-state index contributed by atoms with van der Waals surface area (Å²) < 4.78 is 65.0. The number of phenols is 30. The molecule has 11 aliphatic heterocycles. The molecule has 0 aliphatic carbocycles. The third kappa shape index (κ3) is 12.2. The Labute approximate surface area is 777 Å². The number of benzene rings is 10. The Kier molecular flexibility index (Phi) is 19.9. The Morgan fingerprint density at radius 3 is 0.817 bits per heavy atom. The van der Waals surface area contributed by atoms with Crippen molar-refractivity contribution in [2.45, 2.75) is 84.8 Å². The molecule has 0 radical (unpaired) electrons. The molecule has 11 heterocycles. The smallest absolute Gasteiger partial charge is 0.340 e. The zero-order valence-corrected chi connectivity index (χ0v) is 69.3. The van der Waals surface area contributed by atoms with E-state index in [2.05, 4.69) is 0 Å². The first kappa shape index (κ1) is 91.8. The predicted octanol–water partition coefficient (Wildman–Crippen LogP) is 0.900. The van der Waals surface area contributed by atoms with Crippen LogP contribution in [0.1, 0.15) is 132 Å². The van der Waals surface area contributed by atoms with Gasteiger partial charge in [0.2, 0.25) is 63.3 Å². The molecule has 1 saturated heterocycles. The second-order valence-corrected chi connectivity index (χ2v) is 32.9. The predicted molar refractivity (Wildman–Crippen MR) is 436 cm³/mol. The summed E-state index contributed by atoms with van der Waals surface area (Å²) in [4.78, 5) is 161. The fourth-order valence-electron chi connectivity index (χ4n) is 19.1. The van der Waals surface area contributed by atoms with Gasteiger partial charge in [-0.2, -0.15) is 0 Å². The van der Waals surface area contributed by atoms with Crippen LogP contribution in [0.4, 0.5) is 0 Å². The average molecular weight is 1980 g/mol. The lowest BCUT2D eigenvalue weighted by Gasteiger charge is -2.51. The standard InChI is InChI=1S/C87H58O55/c88-14-1-9-22(50(100)44(14)94)23-10(2-15(89)45(95)51(23)101)80(124)137-70-20(7-132-77(9)121)135-78(122)11-3-16(90)46(96)52(102)24(11)28-38-30(58(108)65(115)56(28)106)31-40-35(63(113)68(118)59(31)109)36(72(139-83(40)127)74(70)141-84(38)128)34-37-27(55(105)67(117)62(34)112)26-13(5-18(92)48(98)54(26)104)81(125)138-71-21(8-133-82(37)126)136-79(123)12-4-17(91)47(97)53(103)25(12)29-39-32(60(110)66(116)57(29)107)33-41-42(64(114)69(119)61(33)111)43(73(140-86(41)130)75(71)142-85(39)129)87(131)76(120)49(99)19(93)6-134-87/h1-5,19-21,36,43,49,70-76,88-120,131H,6-8H2/t19-,20-,21-,36?,43-,49+,70?,71-,72+,73+,74+,75+,76+,87+/m1/s1. The third-order valence-corrected chi connectivity index (χ3v) is 25.5. The normalized spacial score (nSPS) is 23.5. The van der Waals surface area contributed by atoms with Crippen molar-refractivity contribution in [1.29, 1.82) is 0 Å². The number of carbonyl (C=O) groups is 10. The number of aliphatic hydroxyl groups excluding tert-OH is 3. The molecule has 11 aliphatic rings. The molecule has 142 heavy (non-hydrogen) atoms. The Morgan fingerprint density at radius 2 is 0.458 bits per heavy atom. The van der Waals surface area contributed by atoms with Crippen LogP contribution in [0.3, 0.4) is 0 Å². The van der Waals surface area contributed by atoms with Gasteiger partial charge in [0.1, 0.15) is 31.5 Å². The number of esters is 10. The first-order valence-electron chi connectivity index (χ1n) is 40.1. The quantitative estimate of drug-likeness (QED) is 0.0649. The topological polar surface area (TPSA) is 960 Å². The maximum atomic E-state index is 17.1. The maximum absolute atomic E-state index is 17.1. The van der Waals surface area contributed by atoms with Crippen LogP contribution in [-0.4, -0.2) is 326 Å². The van der Waals surface area contributed by atoms with Crippen molar-refractivity contribution in [1.82, 2.24) is 0 Å². The Morgan fingerprint density at radius 1 is 0.218 bits per heavy atom. The highest BCUT2D eigenvalue weighted by Crippen LogP contribution is 2.69. The van der Waals surface area contributed by atoms with Crippen molar-refractivity contribution in [3.05, 3.63) is 103 Å². The van der Waals surface area contributed by atoms with E-state index in [1.54, 1.807) is 0 Å². The first-order chi connectivity index (χ1) is 66.7. The van der Waals surface area contributed by atoms with Gasteiger partial charge in [0.05, 0.1) is 74.1 Å². The van der Waals surface area contributed by atoms with Gasteiger partial charge in [-0.05, 0) is 30.3 Å². The van der Waals surface area contributed by atoms with Gasteiger partial charge in [-0.3, -0.25) is 0 Å². The van der Waals surface area contributed by atoms with Crippen LogP contribution < -0.4 is 0 Å². The van der Waals surface area contributed by atoms with Crippen molar-refractivity contribution < 1.29 is 274 Å². The number of hydrogen-bond donors (Lipinski definition) is 34. The van der Waals surface area contributed by atoms with Crippen molar-refractivity contribution in [3.8, 4) is 239 Å². The van der Waals surface area contributed by atoms with E-state index in [0.29, 0.717) is 0 Å². The molecule has 55 nitrogen and oxygen atoms in total. The molecular formula is C87H58O55. The molecule has 55 heteroatoms. The molecule has 0 spiro atoms. The summed E-state index contributed by atoms with van der Waals surface area (Å²) in [6.45, 7) is -5.85. The zero-order valence-electron chi connectivity index (χ0n) is 69.3. The highest BCUT2D eigenvalue weighted by Gasteiger charge is 2.67. The molecule has 2 unspecified atom stereocenters. The van der Waals surface area contributed by atoms with Gasteiger partial charge >= 0.3 is 59.7 Å². The molecule has 0 saturated carbocycles. The van der Waals surface area contributed by atoms with Crippen LogP contribution >= 0.6 is 0 Å². The van der Waals surface area contributed by atoms with E-state index in [1.807, 2.05) is 0 Å². The molecule has 736 valence electrons. The number of aromatic hydroxyl groups is 30. The highest BCUT2D eigenvalue weighted by molar-refractivity contribution is 6.20. The monoisotopic (exact) mass is 1980 g/mol. The summed E-state index contributed by atoms with van der Waals surface area (Å²) in [6.07, 6.45) is -36.6. The summed E-state index contributed by atoms with van der Waals surface area (Å²) in [7, 11) is 0. The van der Waals surface area contributed by atoms with Crippen molar-refractivity contribution in [3.63, 3.8) is 0 Å². The minimum Gasteiger partial charge on any atom is -0.504 e. The second kappa shape index (κ2) is 30.9. The maximum Gasteiger partial charge on any atom is 0.340 e. The Hall–Kier alpha value is -19.3. The van der Waals surface area contributed by atoms with E-state index in [4.69, 9.17) is 52.1 Å². The van der Waals surface area contributed by atoms with Gasteiger partial charge in [-0.1, -0.05) is 0 Å². The Balaban J connectivity index is 0.930. The lowest BCUT2D eigenvalue weighted by atomic mass is 9.71. The van der Waals surface area contributed by atoms with Crippen molar-refractivity contribution >= 4 is 59.7 Å². The van der Waals surface area contributed by atoms with Gasteiger partial charge in [0.15, 0.2) is 164 Å². The highest BCUT2D eigenvalue weighted by atomic mass is 16.7. The van der Waals surface area contributed by atoms with E-state index in [9.17, 15) is 174 Å². The fraction of sp³-hybridized carbons (Fsp3) is 0.195. The van der Waals surface area contributed by atoms with Crippen molar-refractivity contribution in [2.75, 3.05) is 19.8 Å². The number of rotatable bonds is 2. The number of cyclic esters (lactones) is 2.